The van der Waals surface area contributed by atoms with Crippen LogP contribution in [-0.4, -0.2) is 0 Å². The van der Waals surface area contributed by atoms with Crippen LogP contribution in [0.4, 0.5) is 0 Å². The smallest absolute Gasteiger partial charge is 0.00856 e. The monoisotopic (exact) mass is 170 g/mol. The molecule has 0 fully saturated rings. The summed E-state index contributed by atoms with van der Waals surface area (Å²) in [6.07, 6.45) is 6.89. The quantitative estimate of drug-likeness (QED) is 0.633. The maximum Gasteiger partial charge on any atom is -0.00856 e. The molecule has 0 amide bonds. The van der Waals surface area contributed by atoms with Crippen LogP contribution in [-0.2, 0) is 0 Å². The number of rotatable bonds is 2. The van der Waals surface area contributed by atoms with Crippen molar-refractivity contribution in [3.05, 3.63) is 53.6 Å². The van der Waals surface area contributed by atoms with E-state index in [0.29, 0.717) is 0 Å². The molecule has 0 heterocycles. The Morgan fingerprint density at radius 3 is 2.54 bits per heavy atom. The van der Waals surface area contributed by atoms with Crippen LogP contribution in [0.5, 0.6) is 0 Å². The molecule has 1 aromatic rings. The van der Waals surface area contributed by atoms with E-state index in [0.717, 1.165) is 12.8 Å². The van der Waals surface area contributed by atoms with Gasteiger partial charge in [-0.1, -0.05) is 55.0 Å². The van der Waals surface area contributed by atoms with Crippen LogP contribution >= 0.6 is 0 Å². The van der Waals surface area contributed by atoms with Gasteiger partial charge in [-0.15, -0.1) is 0 Å². The summed E-state index contributed by atoms with van der Waals surface area (Å²) < 4.78 is 0. The topological polar surface area (TPSA) is 0 Å². The molecular weight excluding hydrogens is 156 g/mol. The number of hydrogen-bond acceptors (Lipinski definition) is 0. The van der Waals surface area contributed by atoms with Crippen LogP contribution < -0.4 is 0 Å². The molecule has 0 aliphatic heterocycles. The summed E-state index contributed by atoms with van der Waals surface area (Å²) in [6.45, 7) is 2.20. The lowest BCUT2D eigenvalue weighted by Gasteiger charge is -1.99. The minimum atomic E-state index is 1.10. The second kappa shape index (κ2) is 3.61. The van der Waals surface area contributed by atoms with E-state index in [9.17, 15) is 0 Å². The van der Waals surface area contributed by atoms with Gasteiger partial charge in [0.2, 0.25) is 0 Å². The molecule has 0 saturated carbocycles. The van der Waals surface area contributed by atoms with E-state index in [1.54, 1.807) is 0 Å². The lowest BCUT2D eigenvalue weighted by Crippen LogP contribution is -1.78. The zero-order valence-electron chi connectivity index (χ0n) is 7.96. The van der Waals surface area contributed by atoms with E-state index in [-0.39, 0.29) is 0 Å². The van der Waals surface area contributed by atoms with Crippen molar-refractivity contribution < 1.29 is 0 Å². The van der Waals surface area contributed by atoms with E-state index in [1.807, 2.05) is 0 Å². The summed E-state index contributed by atoms with van der Waals surface area (Å²) in [7, 11) is 0. The van der Waals surface area contributed by atoms with Crippen molar-refractivity contribution in [2.75, 3.05) is 0 Å². The summed E-state index contributed by atoms with van der Waals surface area (Å²) in [5.41, 5.74) is 4.29. The van der Waals surface area contributed by atoms with Crippen molar-refractivity contribution in [2.45, 2.75) is 19.8 Å². The van der Waals surface area contributed by atoms with Crippen molar-refractivity contribution in [1.82, 2.24) is 0 Å². The fraction of sp³-hybridized carbons (Fsp3) is 0.231. The molecule has 66 valence electrons. The zero-order valence-corrected chi connectivity index (χ0v) is 7.96. The Hall–Kier alpha value is -1.30. The van der Waals surface area contributed by atoms with Gasteiger partial charge in [-0.25, -0.2) is 0 Å². The Labute approximate surface area is 79.6 Å². The molecule has 0 unspecified atom stereocenters. The van der Waals surface area contributed by atoms with Gasteiger partial charge in [0.05, 0.1) is 0 Å². The van der Waals surface area contributed by atoms with E-state index in [1.165, 1.54) is 16.7 Å². The van der Waals surface area contributed by atoms with Crippen LogP contribution in [0.25, 0.3) is 5.57 Å². The average molecular weight is 170 g/mol. The largest absolute Gasteiger partial charge is 0.0769 e. The van der Waals surface area contributed by atoms with Gasteiger partial charge in [-0.3, -0.25) is 0 Å². The Morgan fingerprint density at radius 2 is 1.92 bits per heavy atom. The highest BCUT2D eigenvalue weighted by Gasteiger charge is 2.06. The first-order valence-electron chi connectivity index (χ1n) is 4.85. The Bertz CT molecular complexity index is 342. The minimum absolute atomic E-state index is 1.10. The number of hydrogen-bond donors (Lipinski definition) is 0. The molecule has 0 spiro atoms. The van der Waals surface area contributed by atoms with Gasteiger partial charge in [0.25, 0.3) is 0 Å². The molecule has 0 N–H and O–H groups in total. The first-order chi connectivity index (χ1) is 6.40. The lowest BCUT2D eigenvalue weighted by atomic mass is 10.1. The fourth-order valence-corrected chi connectivity index (χ4v) is 1.68. The predicted octanol–water partition coefficient (Wildman–Crippen LogP) is 3.81. The number of allylic oxidation sites excluding steroid dienone is 4. The maximum absolute atomic E-state index is 2.32. The van der Waals surface area contributed by atoms with Crippen LogP contribution in [0.3, 0.4) is 0 Å². The number of benzene rings is 1. The Morgan fingerprint density at radius 1 is 1.15 bits per heavy atom. The van der Waals surface area contributed by atoms with Gasteiger partial charge < -0.3 is 0 Å². The van der Waals surface area contributed by atoms with E-state index in [4.69, 9.17) is 0 Å². The molecule has 0 aromatic heterocycles. The molecule has 0 atom stereocenters. The fourth-order valence-electron chi connectivity index (χ4n) is 1.68. The Kier molecular flexibility index (Phi) is 2.31. The Balaban J connectivity index is 2.23. The molecule has 0 heteroatoms. The molecule has 1 aliphatic rings. The summed E-state index contributed by atoms with van der Waals surface area (Å²) in [6, 6.07) is 10.6. The maximum atomic E-state index is 2.32. The van der Waals surface area contributed by atoms with Gasteiger partial charge >= 0.3 is 0 Å². The summed E-state index contributed by atoms with van der Waals surface area (Å²) in [5, 5.41) is 0. The van der Waals surface area contributed by atoms with Crippen LogP contribution in [0, 0.1) is 0 Å². The first kappa shape index (κ1) is 8.31. The molecule has 0 bridgehead atoms. The highest BCUT2D eigenvalue weighted by atomic mass is 14.1. The molecule has 1 aliphatic carbocycles. The summed E-state index contributed by atoms with van der Waals surface area (Å²) >= 11 is 0. The second-order valence-corrected chi connectivity index (χ2v) is 3.37. The summed E-state index contributed by atoms with van der Waals surface area (Å²) in [4.78, 5) is 0. The van der Waals surface area contributed by atoms with Crippen LogP contribution in [0.2, 0.25) is 0 Å². The van der Waals surface area contributed by atoms with Crippen molar-refractivity contribution in [3.63, 3.8) is 0 Å². The van der Waals surface area contributed by atoms with Crippen molar-refractivity contribution >= 4 is 5.57 Å². The van der Waals surface area contributed by atoms with Gasteiger partial charge in [0.15, 0.2) is 0 Å². The first-order valence-corrected chi connectivity index (χ1v) is 4.85. The third kappa shape index (κ3) is 1.72. The molecule has 13 heavy (non-hydrogen) atoms. The molecular formula is C13H14. The highest BCUT2D eigenvalue weighted by molar-refractivity contribution is 5.72. The van der Waals surface area contributed by atoms with E-state index < -0.39 is 0 Å². The molecule has 0 saturated heterocycles. The average Bonchev–Trinajstić information content (AvgIpc) is 2.67. The summed E-state index contributed by atoms with van der Waals surface area (Å²) in [5.74, 6) is 0. The second-order valence-electron chi connectivity index (χ2n) is 3.37. The van der Waals surface area contributed by atoms with Crippen molar-refractivity contribution in [2.24, 2.45) is 0 Å². The molecule has 0 radical (unpaired) electrons. The zero-order chi connectivity index (χ0) is 9.10. The van der Waals surface area contributed by atoms with E-state index >= 15 is 0 Å². The third-order valence-electron chi connectivity index (χ3n) is 2.50. The van der Waals surface area contributed by atoms with Gasteiger partial charge in [0, 0.05) is 0 Å². The normalized spacial score (nSPS) is 15.5. The van der Waals surface area contributed by atoms with Crippen LogP contribution in [0.1, 0.15) is 25.3 Å². The van der Waals surface area contributed by atoms with Gasteiger partial charge in [-0.2, -0.15) is 0 Å². The van der Waals surface area contributed by atoms with Gasteiger partial charge in [-0.05, 0) is 24.0 Å². The standard InChI is InChI=1S/C13H14/c1-2-11-8-9-13(10-11)12-6-4-3-5-7-12/h3-8,10H,2,9H2,1H3. The predicted molar refractivity (Wildman–Crippen MR) is 57.4 cm³/mol. The van der Waals surface area contributed by atoms with E-state index in [2.05, 4.69) is 49.4 Å². The van der Waals surface area contributed by atoms with Crippen molar-refractivity contribution in [3.8, 4) is 0 Å². The SMILES string of the molecule is CCC1=CCC(c2ccccc2)=C1. The van der Waals surface area contributed by atoms with Crippen molar-refractivity contribution in [1.29, 1.82) is 0 Å². The molecule has 2 rings (SSSR count). The highest BCUT2D eigenvalue weighted by Crippen LogP contribution is 2.27. The lowest BCUT2D eigenvalue weighted by molar-refractivity contribution is 1.15. The minimum Gasteiger partial charge on any atom is -0.0769 e. The van der Waals surface area contributed by atoms with Gasteiger partial charge in [0.1, 0.15) is 0 Å². The molecule has 0 nitrogen and oxygen atoms in total. The molecule has 1 aromatic carbocycles. The third-order valence-corrected chi connectivity index (χ3v) is 2.50. The van der Waals surface area contributed by atoms with Crippen LogP contribution in [0.15, 0.2) is 48.1 Å².